The Morgan fingerprint density at radius 1 is 0.789 bits per heavy atom. The second-order valence-corrected chi connectivity index (χ2v) is 11.0. The van der Waals surface area contributed by atoms with Crippen LogP contribution in [0.5, 0.6) is 0 Å². The third-order valence-electron chi connectivity index (χ3n) is 5.86. The molecule has 1 aromatic carbocycles. The van der Waals surface area contributed by atoms with Crippen LogP contribution in [0.15, 0.2) is 18.2 Å². The van der Waals surface area contributed by atoms with Crippen molar-refractivity contribution >= 4 is 41.1 Å². The van der Waals surface area contributed by atoms with E-state index in [1.807, 2.05) is 25.7 Å². The van der Waals surface area contributed by atoms with Crippen LogP contribution in [0.2, 0.25) is 10.0 Å². The zero-order chi connectivity index (χ0) is 27.6. The van der Waals surface area contributed by atoms with Crippen LogP contribution in [-0.4, -0.2) is 125 Å². The molecule has 13 heteroatoms. The van der Waals surface area contributed by atoms with E-state index >= 15 is 0 Å². The number of esters is 1. The van der Waals surface area contributed by atoms with Gasteiger partial charge < -0.3 is 16.4 Å². The van der Waals surface area contributed by atoms with Gasteiger partial charge in [0, 0.05) is 74.5 Å². The molecule has 1 aromatic rings. The molecule has 0 amide bonds. The summed E-state index contributed by atoms with van der Waals surface area (Å²) >= 11 is 12.8. The number of hydrogen-bond acceptors (Lipinski definition) is 8. The van der Waals surface area contributed by atoms with E-state index in [9.17, 15) is 24.6 Å². The van der Waals surface area contributed by atoms with E-state index in [-0.39, 0.29) is 56.6 Å². The van der Waals surface area contributed by atoms with Crippen LogP contribution in [0.3, 0.4) is 0 Å². The fourth-order valence-electron chi connectivity index (χ4n) is 4.06. The van der Waals surface area contributed by atoms with Crippen molar-refractivity contribution in [2.24, 2.45) is 0 Å². The number of carboxylic acid groups (broad SMARTS) is 2. The van der Waals surface area contributed by atoms with Crippen molar-refractivity contribution in [3.05, 3.63) is 33.8 Å². The van der Waals surface area contributed by atoms with Crippen LogP contribution in [0.4, 0.5) is 0 Å². The summed E-state index contributed by atoms with van der Waals surface area (Å²) in [6.45, 7) is 9.37. The summed E-state index contributed by atoms with van der Waals surface area (Å²) in [5.74, 6) is -2.25. The van der Waals surface area contributed by atoms with Gasteiger partial charge in [-0.2, -0.15) is 0 Å². The van der Waals surface area contributed by atoms with Gasteiger partial charge in [-0.15, -0.1) is 0 Å². The van der Waals surface area contributed by atoms with Gasteiger partial charge in [-0.1, -0.05) is 29.3 Å². The van der Waals surface area contributed by atoms with Crippen molar-refractivity contribution in [1.29, 1.82) is 0 Å². The van der Waals surface area contributed by atoms with Gasteiger partial charge in [-0.25, -0.2) is 0 Å². The Labute approximate surface area is 258 Å². The quantitative estimate of drug-likeness (QED) is 0.301. The first-order valence-corrected chi connectivity index (χ1v) is 13.1. The van der Waals surface area contributed by atoms with E-state index in [1.54, 1.807) is 28.0 Å². The molecule has 0 aliphatic carbocycles. The maximum atomic E-state index is 12.6. The first-order chi connectivity index (χ1) is 17.3. The summed E-state index contributed by atoms with van der Waals surface area (Å²) in [4.78, 5) is 43.1. The van der Waals surface area contributed by atoms with Gasteiger partial charge in [0.25, 0.3) is 0 Å². The van der Waals surface area contributed by atoms with E-state index < -0.39 is 17.5 Å². The summed E-state index contributed by atoms with van der Waals surface area (Å²) in [5, 5.41) is 19.9. The Balaban J connectivity index is 0.00000722. The molecular formula is C25H39Cl2N4NaO6. The molecular weight excluding hydrogens is 546 g/mol. The van der Waals surface area contributed by atoms with E-state index in [4.69, 9.17) is 27.9 Å². The summed E-state index contributed by atoms with van der Waals surface area (Å²) in [7, 11) is 0. The van der Waals surface area contributed by atoms with Gasteiger partial charge in [-0.05, 0) is 32.9 Å². The molecule has 1 aliphatic rings. The molecule has 1 aliphatic heterocycles. The number of ether oxygens (including phenoxy) is 1. The van der Waals surface area contributed by atoms with Crippen molar-refractivity contribution in [3.63, 3.8) is 0 Å². The molecule has 2 rings (SSSR count). The third kappa shape index (κ3) is 13.9. The average Bonchev–Trinajstić information content (AvgIpc) is 2.75. The van der Waals surface area contributed by atoms with E-state index in [0.717, 1.165) is 5.56 Å². The standard InChI is InChI=1S/C25H38Cl2N4O6.Na.H/c1-25(2,3)37-24(36)18-31-13-8-28(15-19-20(26)5-4-6-21(19)27)7-9-29(16-22(32)33)10-11-30(12-14-31)17-23(34)35;;/h4-6H,7-18H2,1-3H3,(H,32,33)(H,34,35);;/q;+1;-1. The molecule has 0 aromatic heterocycles. The van der Waals surface area contributed by atoms with E-state index in [0.29, 0.717) is 68.9 Å². The summed E-state index contributed by atoms with van der Waals surface area (Å²) in [6, 6.07) is 5.34. The van der Waals surface area contributed by atoms with Crippen LogP contribution in [-0.2, 0) is 25.7 Å². The maximum Gasteiger partial charge on any atom is 1.00 e. The monoisotopic (exact) mass is 584 g/mol. The summed E-state index contributed by atoms with van der Waals surface area (Å²) < 4.78 is 5.51. The number of aliphatic carboxylic acids is 2. The minimum atomic E-state index is -0.960. The predicted molar refractivity (Wildman–Crippen MR) is 143 cm³/mol. The maximum absolute atomic E-state index is 12.6. The Kier molecular flexibility index (Phi) is 15.7. The number of carbonyl (C=O) groups is 3. The molecule has 1 fully saturated rings. The minimum absolute atomic E-state index is 0. The average molecular weight is 586 g/mol. The molecule has 0 radical (unpaired) electrons. The molecule has 0 spiro atoms. The zero-order valence-corrected chi connectivity index (χ0v) is 26.3. The molecule has 210 valence electrons. The van der Waals surface area contributed by atoms with Gasteiger partial charge in [0.2, 0.25) is 0 Å². The molecule has 0 saturated carbocycles. The number of nitrogens with zero attached hydrogens (tertiary/aromatic N) is 4. The van der Waals surface area contributed by atoms with Crippen LogP contribution in [0.25, 0.3) is 0 Å². The number of carbonyl (C=O) groups excluding carboxylic acids is 1. The first-order valence-electron chi connectivity index (χ1n) is 12.3. The van der Waals surface area contributed by atoms with Crippen LogP contribution in [0.1, 0.15) is 27.8 Å². The Morgan fingerprint density at radius 2 is 1.16 bits per heavy atom. The molecule has 10 nitrogen and oxygen atoms in total. The molecule has 0 atom stereocenters. The van der Waals surface area contributed by atoms with Crippen molar-refractivity contribution in [2.45, 2.75) is 32.9 Å². The Morgan fingerprint density at radius 3 is 1.53 bits per heavy atom. The van der Waals surface area contributed by atoms with Crippen LogP contribution < -0.4 is 29.6 Å². The topological polar surface area (TPSA) is 114 Å². The fraction of sp³-hybridized carbons (Fsp3) is 0.640. The van der Waals surface area contributed by atoms with Crippen molar-refractivity contribution in [1.82, 2.24) is 19.6 Å². The molecule has 1 heterocycles. The van der Waals surface area contributed by atoms with Crippen LogP contribution >= 0.6 is 23.2 Å². The zero-order valence-electron chi connectivity index (χ0n) is 23.8. The van der Waals surface area contributed by atoms with E-state index in [2.05, 4.69) is 4.90 Å². The second-order valence-electron chi connectivity index (χ2n) is 10.2. The molecule has 0 unspecified atom stereocenters. The minimum Gasteiger partial charge on any atom is -1.00 e. The van der Waals surface area contributed by atoms with E-state index in [1.165, 1.54) is 0 Å². The van der Waals surface area contributed by atoms with Gasteiger partial charge >= 0.3 is 47.5 Å². The number of hydrogen-bond donors (Lipinski definition) is 2. The SMILES string of the molecule is CC(C)(C)OC(=O)CN1CCN(CC(=O)O)CCN(CC(=O)O)CCN(Cc2c(Cl)cccc2Cl)CC1.[H-].[Na+]. The molecule has 2 N–H and O–H groups in total. The Bertz CT molecular complexity index is 920. The number of carboxylic acids is 2. The third-order valence-corrected chi connectivity index (χ3v) is 6.57. The van der Waals surface area contributed by atoms with Gasteiger partial charge in [0.15, 0.2) is 0 Å². The summed E-state index contributed by atoms with van der Waals surface area (Å²) in [6.07, 6.45) is 0. The largest absolute Gasteiger partial charge is 1.00 e. The van der Waals surface area contributed by atoms with Crippen molar-refractivity contribution < 1.29 is 60.3 Å². The summed E-state index contributed by atoms with van der Waals surface area (Å²) in [5.41, 5.74) is 0.174. The van der Waals surface area contributed by atoms with Gasteiger partial charge in [-0.3, -0.25) is 34.0 Å². The number of halogens is 2. The Hall–Kier alpha value is -0.950. The van der Waals surface area contributed by atoms with Gasteiger partial charge in [0.1, 0.15) is 5.60 Å². The normalized spacial score (nSPS) is 17.6. The second kappa shape index (κ2) is 17.0. The number of rotatable bonds is 8. The molecule has 1 saturated heterocycles. The fourth-order valence-corrected chi connectivity index (χ4v) is 4.57. The molecule has 0 bridgehead atoms. The predicted octanol–water partition coefficient (Wildman–Crippen LogP) is -0.658. The first kappa shape index (κ1) is 35.1. The van der Waals surface area contributed by atoms with Crippen molar-refractivity contribution in [2.75, 3.05) is 72.0 Å². The number of benzene rings is 1. The molecule has 38 heavy (non-hydrogen) atoms. The van der Waals surface area contributed by atoms with Gasteiger partial charge in [0.05, 0.1) is 19.6 Å². The smallest absolute Gasteiger partial charge is 1.00 e. The van der Waals surface area contributed by atoms with Crippen molar-refractivity contribution in [3.8, 4) is 0 Å². The van der Waals surface area contributed by atoms with Crippen LogP contribution in [0, 0.1) is 0 Å².